The Morgan fingerprint density at radius 2 is 1.68 bits per heavy atom. The molecule has 1 aliphatic heterocycles. The first-order chi connectivity index (χ1) is 19.4. The van der Waals surface area contributed by atoms with E-state index in [9.17, 15) is 9.59 Å². The minimum atomic E-state index is -1.28. The van der Waals surface area contributed by atoms with E-state index in [0.29, 0.717) is 35.2 Å². The Hall–Kier alpha value is -4.79. The van der Waals surface area contributed by atoms with Gasteiger partial charge in [0.2, 0.25) is 5.91 Å². The van der Waals surface area contributed by atoms with Gasteiger partial charge in [-0.15, -0.1) is 0 Å². The van der Waals surface area contributed by atoms with E-state index in [1.165, 1.54) is 0 Å². The molecule has 2 heterocycles. The zero-order chi connectivity index (χ0) is 28.3. The molecule has 2 amide bonds. The van der Waals surface area contributed by atoms with Gasteiger partial charge in [0.05, 0.1) is 33.1 Å². The van der Waals surface area contributed by atoms with Gasteiger partial charge in [-0.1, -0.05) is 18.2 Å². The van der Waals surface area contributed by atoms with Crippen LogP contribution in [0.5, 0.6) is 17.2 Å². The molecule has 0 bridgehead atoms. The largest absolute Gasteiger partial charge is 0.497 e. The van der Waals surface area contributed by atoms with Crippen molar-refractivity contribution in [1.29, 1.82) is 0 Å². The van der Waals surface area contributed by atoms with Crippen molar-refractivity contribution in [2.24, 2.45) is 0 Å². The first-order valence-electron chi connectivity index (χ1n) is 13.1. The Morgan fingerprint density at radius 3 is 2.35 bits per heavy atom. The molecule has 0 unspecified atom stereocenters. The summed E-state index contributed by atoms with van der Waals surface area (Å²) >= 11 is 0. The Kier molecular flexibility index (Phi) is 7.46. The molecule has 0 aliphatic carbocycles. The lowest BCUT2D eigenvalue weighted by atomic mass is 9.93. The molecule has 1 N–H and O–H groups in total. The van der Waals surface area contributed by atoms with Gasteiger partial charge < -0.3 is 19.5 Å². The van der Waals surface area contributed by atoms with Crippen LogP contribution >= 0.6 is 0 Å². The normalized spacial score (nSPS) is 16.3. The Balaban J connectivity index is 1.52. The summed E-state index contributed by atoms with van der Waals surface area (Å²) in [4.78, 5) is 29.6. The standard InChI is InChI=1S/C31H32N4O5/c1-5-40-25-16-12-23(13-17-25)35-29(36)27-18-26(21-10-14-24(38-3)15-11-21)33-34(27)20-31(35,2)30(37)32-19-22-8-6-7-9-28(22)39-4/h6-18H,5,19-20H2,1-4H3,(H,32,37)/t31-/m0/s1. The van der Waals surface area contributed by atoms with E-state index >= 15 is 0 Å². The van der Waals surface area contributed by atoms with Gasteiger partial charge in [0.25, 0.3) is 5.91 Å². The number of hydrogen-bond donors (Lipinski definition) is 1. The average Bonchev–Trinajstić information content (AvgIpc) is 3.41. The van der Waals surface area contributed by atoms with Crippen molar-refractivity contribution in [2.75, 3.05) is 25.7 Å². The van der Waals surface area contributed by atoms with Crippen LogP contribution in [0.15, 0.2) is 78.9 Å². The van der Waals surface area contributed by atoms with Crippen LogP contribution in [0.25, 0.3) is 11.3 Å². The van der Waals surface area contributed by atoms with Gasteiger partial charge in [0.1, 0.15) is 28.5 Å². The molecule has 1 aliphatic rings. The molecule has 0 spiro atoms. The fourth-order valence-electron chi connectivity index (χ4n) is 4.96. The number of ether oxygens (including phenoxy) is 3. The third-order valence-electron chi connectivity index (χ3n) is 7.07. The quantitative estimate of drug-likeness (QED) is 0.331. The van der Waals surface area contributed by atoms with Gasteiger partial charge in [0.15, 0.2) is 0 Å². The first kappa shape index (κ1) is 26.8. The number of fused-ring (bicyclic) bond motifs is 1. The second-order valence-corrected chi connectivity index (χ2v) is 9.64. The molecule has 4 aromatic rings. The number of nitrogens with one attached hydrogen (secondary N) is 1. The SMILES string of the molecule is CCOc1ccc(N2C(=O)c3cc(-c4ccc(OC)cc4)nn3C[C@@]2(C)C(=O)NCc2ccccc2OC)cc1. The van der Waals surface area contributed by atoms with Crippen molar-refractivity contribution in [3.63, 3.8) is 0 Å². The van der Waals surface area contributed by atoms with Crippen LogP contribution in [0.1, 0.15) is 29.9 Å². The Bertz CT molecular complexity index is 1510. The summed E-state index contributed by atoms with van der Waals surface area (Å²) < 4.78 is 17.9. The van der Waals surface area contributed by atoms with Crippen molar-refractivity contribution >= 4 is 17.5 Å². The Labute approximate surface area is 233 Å². The average molecular weight is 541 g/mol. The summed E-state index contributed by atoms with van der Waals surface area (Å²) in [6, 6.07) is 23.9. The number of para-hydroxylation sites is 1. The van der Waals surface area contributed by atoms with E-state index in [1.54, 1.807) is 61.1 Å². The summed E-state index contributed by atoms with van der Waals surface area (Å²) in [6.07, 6.45) is 0. The van der Waals surface area contributed by atoms with Crippen molar-refractivity contribution in [3.05, 3.63) is 90.1 Å². The summed E-state index contributed by atoms with van der Waals surface area (Å²) in [5, 5.41) is 7.75. The predicted octanol–water partition coefficient (Wildman–Crippen LogP) is 4.70. The van der Waals surface area contributed by atoms with Crippen molar-refractivity contribution in [2.45, 2.75) is 32.5 Å². The zero-order valence-corrected chi connectivity index (χ0v) is 23.0. The number of hydrogen-bond acceptors (Lipinski definition) is 6. The lowest BCUT2D eigenvalue weighted by Gasteiger charge is -2.43. The minimum absolute atomic E-state index is 0.162. The smallest absolute Gasteiger partial charge is 0.277 e. The molecular weight excluding hydrogens is 508 g/mol. The monoisotopic (exact) mass is 540 g/mol. The molecule has 0 saturated heterocycles. The highest BCUT2D eigenvalue weighted by Crippen LogP contribution is 2.35. The van der Waals surface area contributed by atoms with Crippen LogP contribution in [0, 0.1) is 0 Å². The van der Waals surface area contributed by atoms with Gasteiger partial charge in [-0.05, 0) is 74.5 Å². The summed E-state index contributed by atoms with van der Waals surface area (Å²) in [7, 11) is 3.20. The fraction of sp³-hybridized carbons (Fsp3) is 0.258. The third kappa shape index (κ3) is 4.98. The van der Waals surface area contributed by atoms with Crippen LogP contribution in [-0.2, 0) is 17.9 Å². The van der Waals surface area contributed by atoms with Gasteiger partial charge in [-0.25, -0.2) is 0 Å². The maximum absolute atomic E-state index is 14.1. The van der Waals surface area contributed by atoms with Crippen molar-refractivity contribution < 1.29 is 23.8 Å². The molecule has 1 aromatic heterocycles. The van der Waals surface area contributed by atoms with Crippen LogP contribution < -0.4 is 24.4 Å². The predicted molar refractivity (Wildman–Crippen MR) is 152 cm³/mol. The van der Waals surface area contributed by atoms with E-state index in [4.69, 9.17) is 19.3 Å². The maximum Gasteiger partial charge on any atom is 0.277 e. The topological polar surface area (TPSA) is 94.9 Å². The van der Waals surface area contributed by atoms with Gasteiger partial charge in [0, 0.05) is 23.4 Å². The molecule has 0 fully saturated rings. The van der Waals surface area contributed by atoms with Crippen LogP contribution in [0.2, 0.25) is 0 Å². The fourth-order valence-corrected chi connectivity index (χ4v) is 4.96. The number of carbonyl (C=O) groups is 2. The molecule has 0 radical (unpaired) electrons. The van der Waals surface area contributed by atoms with Crippen LogP contribution in [0.4, 0.5) is 5.69 Å². The first-order valence-corrected chi connectivity index (χ1v) is 13.1. The molecule has 40 heavy (non-hydrogen) atoms. The maximum atomic E-state index is 14.1. The minimum Gasteiger partial charge on any atom is -0.497 e. The number of nitrogens with zero attached hydrogens (tertiary/aromatic N) is 3. The highest BCUT2D eigenvalue weighted by atomic mass is 16.5. The van der Waals surface area contributed by atoms with Gasteiger partial charge in [-0.3, -0.25) is 19.2 Å². The molecule has 9 nitrogen and oxygen atoms in total. The van der Waals surface area contributed by atoms with E-state index in [2.05, 4.69) is 5.32 Å². The zero-order valence-electron chi connectivity index (χ0n) is 23.0. The van der Waals surface area contributed by atoms with Crippen molar-refractivity contribution in [1.82, 2.24) is 15.1 Å². The van der Waals surface area contributed by atoms with Gasteiger partial charge >= 0.3 is 0 Å². The number of rotatable bonds is 9. The number of carbonyl (C=O) groups excluding carboxylic acids is 2. The van der Waals surface area contributed by atoms with Crippen LogP contribution in [-0.4, -0.2) is 48.0 Å². The molecule has 5 rings (SSSR count). The van der Waals surface area contributed by atoms with E-state index in [1.807, 2.05) is 55.5 Å². The number of anilines is 1. The second kappa shape index (κ2) is 11.1. The van der Waals surface area contributed by atoms with E-state index < -0.39 is 5.54 Å². The second-order valence-electron chi connectivity index (χ2n) is 9.64. The molecule has 206 valence electrons. The molecule has 1 atom stereocenters. The molecule has 9 heteroatoms. The van der Waals surface area contributed by atoms with Gasteiger partial charge in [-0.2, -0.15) is 5.10 Å². The van der Waals surface area contributed by atoms with Crippen LogP contribution in [0.3, 0.4) is 0 Å². The summed E-state index contributed by atoms with van der Waals surface area (Å²) in [6.45, 7) is 4.60. The Morgan fingerprint density at radius 1 is 0.975 bits per heavy atom. The lowest BCUT2D eigenvalue weighted by Crippen LogP contribution is -2.64. The summed E-state index contributed by atoms with van der Waals surface area (Å²) in [5.41, 5.74) is 2.01. The van der Waals surface area contributed by atoms with E-state index in [-0.39, 0.29) is 24.9 Å². The summed E-state index contributed by atoms with van der Waals surface area (Å²) in [5.74, 6) is 1.45. The number of amides is 2. The van der Waals surface area contributed by atoms with Crippen molar-refractivity contribution in [3.8, 4) is 28.5 Å². The number of methoxy groups -OCH3 is 2. The molecule has 3 aromatic carbocycles. The number of aromatic nitrogens is 2. The molecular formula is C31H32N4O5. The highest BCUT2D eigenvalue weighted by molar-refractivity contribution is 6.12. The third-order valence-corrected chi connectivity index (χ3v) is 7.07. The van der Waals surface area contributed by atoms with E-state index in [0.717, 1.165) is 16.9 Å². The lowest BCUT2D eigenvalue weighted by molar-refractivity contribution is -0.126. The molecule has 0 saturated carbocycles. The number of benzene rings is 3. The highest BCUT2D eigenvalue weighted by Gasteiger charge is 2.49.